The second-order valence-corrected chi connectivity index (χ2v) is 9.12. The predicted octanol–water partition coefficient (Wildman–Crippen LogP) is 4.50. The molecule has 0 aromatic rings. The molecule has 0 radical (unpaired) electrons. The quantitative estimate of drug-likeness (QED) is 0.753. The molecule has 0 bridgehead atoms. The van der Waals surface area contributed by atoms with E-state index in [1.807, 2.05) is 0 Å². The highest BCUT2D eigenvalue weighted by Crippen LogP contribution is 2.53. The van der Waals surface area contributed by atoms with Gasteiger partial charge in [-0.2, -0.15) is 0 Å². The highest BCUT2D eigenvalue weighted by Gasteiger charge is 2.51. The van der Waals surface area contributed by atoms with Crippen molar-refractivity contribution in [3.05, 3.63) is 0 Å². The molecule has 124 valence electrons. The van der Waals surface area contributed by atoms with Crippen LogP contribution in [0, 0.1) is 22.7 Å². The Balaban J connectivity index is 2.13. The zero-order valence-electron chi connectivity index (χ0n) is 14.8. The van der Waals surface area contributed by atoms with Crippen LogP contribution in [0.4, 0.5) is 0 Å². The van der Waals surface area contributed by atoms with Crippen LogP contribution in [0.1, 0.15) is 85.5 Å². The van der Waals surface area contributed by atoms with E-state index in [1.54, 1.807) is 0 Å². The number of nitrogens with two attached hydrogens (primary N) is 1. The van der Waals surface area contributed by atoms with E-state index in [0.717, 1.165) is 50.4 Å². The Morgan fingerprint density at radius 3 is 2.14 bits per heavy atom. The lowest BCUT2D eigenvalue weighted by Gasteiger charge is -2.51. The Labute approximate surface area is 131 Å². The summed E-state index contributed by atoms with van der Waals surface area (Å²) in [6.45, 7) is 10.0. The minimum Gasteiger partial charge on any atom is -0.389 e. The summed E-state index contributed by atoms with van der Waals surface area (Å²) >= 11 is 0. The molecule has 0 aromatic heterocycles. The molecule has 0 aromatic carbocycles. The smallest absolute Gasteiger partial charge is 0.0716 e. The van der Waals surface area contributed by atoms with Gasteiger partial charge in [-0.25, -0.2) is 0 Å². The van der Waals surface area contributed by atoms with E-state index in [2.05, 4.69) is 27.7 Å². The fourth-order valence-corrected chi connectivity index (χ4v) is 4.90. The van der Waals surface area contributed by atoms with Crippen molar-refractivity contribution in [1.82, 2.24) is 0 Å². The summed E-state index contributed by atoms with van der Waals surface area (Å²) < 4.78 is 0. The van der Waals surface area contributed by atoms with E-state index in [1.165, 1.54) is 19.3 Å². The summed E-state index contributed by atoms with van der Waals surface area (Å²) in [5.41, 5.74) is 6.09. The lowest BCUT2D eigenvalue weighted by molar-refractivity contribution is -0.117. The third-order valence-corrected chi connectivity index (χ3v) is 6.97. The minimum atomic E-state index is -0.516. The molecule has 3 N–H and O–H groups in total. The van der Waals surface area contributed by atoms with Crippen LogP contribution in [0.2, 0.25) is 0 Å². The number of rotatable bonds is 3. The van der Waals surface area contributed by atoms with Crippen LogP contribution in [0.25, 0.3) is 0 Å². The molecular formula is C19H37NO. The van der Waals surface area contributed by atoms with Crippen molar-refractivity contribution in [2.45, 2.75) is 91.1 Å². The van der Waals surface area contributed by atoms with Crippen molar-refractivity contribution in [1.29, 1.82) is 0 Å². The Morgan fingerprint density at radius 1 is 1.00 bits per heavy atom. The maximum Gasteiger partial charge on any atom is 0.0716 e. The average molecular weight is 296 g/mol. The third-order valence-electron chi connectivity index (χ3n) is 6.97. The van der Waals surface area contributed by atoms with Gasteiger partial charge in [-0.15, -0.1) is 0 Å². The molecule has 2 rings (SSSR count). The number of hydrogen-bond acceptors (Lipinski definition) is 2. The van der Waals surface area contributed by atoms with E-state index in [0.29, 0.717) is 12.0 Å². The van der Waals surface area contributed by atoms with Gasteiger partial charge in [0.15, 0.2) is 0 Å². The topological polar surface area (TPSA) is 46.2 Å². The van der Waals surface area contributed by atoms with E-state index in [9.17, 15) is 5.11 Å². The van der Waals surface area contributed by atoms with Crippen LogP contribution in [0.15, 0.2) is 0 Å². The summed E-state index contributed by atoms with van der Waals surface area (Å²) in [5, 5.41) is 11.5. The standard InChI is InChI=1S/C19H37NO/c1-15(2)16-6-10-18(14-20,11-7-16)19(21)9-5-8-17(3,4)12-13-19/h15-16,21H,5-14,20H2,1-4H3. The molecule has 2 nitrogen and oxygen atoms in total. The molecule has 2 aliphatic rings. The van der Waals surface area contributed by atoms with Crippen LogP contribution in [-0.4, -0.2) is 17.3 Å². The normalized spacial score (nSPS) is 41.0. The molecule has 2 aliphatic carbocycles. The molecule has 0 spiro atoms. The number of aliphatic hydroxyl groups is 1. The lowest BCUT2D eigenvalue weighted by atomic mass is 9.58. The first-order valence-electron chi connectivity index (χ1n) is 9.16. The first kappa shape index (κ1) is 17.3. The Hall–Kier alpha value is -0.0800. The van der Waals surface area contributed by atoms with Gasteiger partial charge in [0.1, 0.15) is 0 Å². The first-order chi connectivity index (χ1) is 9.74. The largest absolute Gasteiger partial charge is 0.389 e. The molecule has 0 amide bonds. The molecule has 0 heterocycles. The van der Waals surface area contributed by atoms with Crippen LogP contribution in [-0.2, 0) is 0 Å². The van der Waals surface area contributed by atoms with Gasteiger partial charge in [0, 0.05) is 12.0 Å². The van der Waals surface area contributed by atoms with Crippen LogP contribution in [0.5, 0.6) is 0 Å². The molecule has 2 saturated carbocycles. The van der Waals surface area contributed by atoms with E-state index in [-0.39, 0.29) is 5.41 Å². The van der Waals surface area contributed by atoms with Gasteiger partial charge in [0.05, 0.1) is 5.60 Å². The summed E-state index contributed by atoms with van der Waals surface area (Å²) in [6, 6.07) is 0. The monoisotopic (exact) mass is 295 g/mol. The fraction of sp³-hybridized carbons (Fsp3) is 1.00. The highest BCUT2D eigenvalue weighted by molar-refractivity contribution is 5.03. The van der Waals surface area contributed by atoms with Gasteiger partial charge in [-0.3, -0.25) is 0 Å². The van der Waals surface area contributed by atoms with Crippen LogP contribution in [0.3, 0.4) is 0 Å². The van der Waals surface area contributed by atoms with Crippen molar-refractivity contribution < 1.29 is 5.11 Å². The van der Waals surface area contributed by atoms with Gasteiger partial charge in [-0.05, 0) is 68.6 Å². The van der Waals surface area contributed by atoms with Crippen LogP contribution < -0.4 is 5.73 Å². The van der Waals surface area contributed by atoms with Crippen molar-refractivity contribution >= 4 is 0 Å². The van der Waals surface area contributed by atoms with E-state index in [4.69, 9.17) is 5.73 Å². The molecule has 21 heavy (non-hydrogen) atoms. The minimum absolute atomic E-state index is 0.0151. The van der Waals surface area contributed by atoms with Gasteiger partial charge in [0.25, 0.3) is 0 Å². The summed E-state index contributed by atoms with van der Waals surface area (Å²) in [5.74, 6) is 1.60. The summed E-state index contributed by atoms with van der Waals surface area (Å²) in [6.07, 6.45) is 10.2. The molecule has 0 saturated heterocycles. The molecule has 1 unspecified atom stereocenters. The van der Waals surface area contributed by atoms with E-state index < -0.39 is 5.60 Å². The zero-order valence-corrected chi connectivity index (χ0v) is 14.8. The SMILES string of the molecule is CC(C)C1CCC(CN)(C2(O)CCCC(C)(C)CC2)CC1. The maximum absolute atomic E-state index is 11.5. The van der Waals surface area contributed by atoms with Crippen molar-refractivity contribution in [3.8, 4) is 0 Å². The molecule has 2 heteroatoms. The lowest BCUT2D eigenvalue weighted by Crippen LogP contribution is -2.54. The van der Waals surface area contributed by atoms with E-state index >= 15 is 0 Å². The zero-order chi connectivity index (χ0) is 15.7. The fourth-order valence-electron chi connectivity index (χ4n) is 4.90. The summed E-state index contributed by atoms with van der Waals surface area (Å²) in [4.78, 5) is 0. The van der Waals surface area contributed by atoms with Crippen LogP contribution >= 0.6 is 0 Å². The maximum atomic E-state index is 11.5. The third kappa shape index (κ3) is 3.47. The van der Waals surface area contributed by atoms with Crippen molar-refractivity contribution in [3.63, 3.8) is 0 Å². The van der Waals surface area contributed by atoms with Gasteiger partial charge >= 0.3 is 0 Å². The molecule has 2 fully saturated rings. The highest BCUT2D eigenvalue weighted by atomic mass is 16.3. The van der Waals surface area contributed by atoms with Gasteiger partial charge < -0.3 is 10.8 Å². The Bertz CT molecular complexity index is 341. The van der Waals surface area contributed by atoms with Crippen molar-refractivity contribution in [2.24, 2.45) is 28.4 Å². The molecule has 0 aliphatic heterocycles. The Morgan fingerprint density at radius 2 is 1.62 bits per heavy atom. The summed E-state index contributed by atoms with van der Waals surface area (Å²) in [7, 11) is 0. The Kier molecular flexibility index (Phi) is 5.10. The average Bonchev–Trinajstić information content (AvgIpc) is 2.58. The number of hydrogen-bond donors (Lipinski definition) is 2. The second-order valence-electron chi connectivity index (χ2n) is 9.12. The molecular weight excluding hydrogens is 258 g/mol. The van der Waals surface area contributed by atoms with Crippen molar-refractivity contribution in [2.75, 3.05) is 6.54 Å². The second kappa shape index (κ2) is 6.20. The molecule has 1 atom stereocenters. The van der Waals surface area contributed by atoms with Gasteiger partial charge in [-0.1, -0.05) is 34.1 Å². The first-order valence-corrected chi connectivity index (χ1v) is 9.16. The predicted molar refractivity (Wildman–Crippen MR) is 90.1 cm³/mol. The van der Waals surface area contributed by atoms with Gasteiger partial charge in [0.2, 0.25) is 0 Å².